The van der Waals surface area contributed by atoms with Crippen LogP contribution < -0.4 is 10.9 Å². The molecule has 0 spiro atoms. The van der Waals surface area contributed by atoms with Crippen LogP contribution in [-0.4, -0.2) is 27.0 Å². The lowest BCUT2D eigenvalue weighted by Gasteiger charge is -2.32. The van der Waals surface area contributed by atoms with Gasteiger partial charge in [0.05, 0.1) is 28.3 Å². The molecule has 4 aromatic rings. The minimum Gasteiger partial charge on any atom is -0.314 e. The summed E-state index contributed by atoms with van der Waals surface area (Å²) in [5.74, 6) is 0.729. The van der Waals surface area contributed by atoms with Gasteiger partial charge in [-0.05, 0) is 78.5 Å². The Labute approximate surface area is 220 Å². The lowest BCUT2D eigenvalue weighted by molar-refractivity contribution is 0.179. The maximum absolute atomic E-state index is 13.8. The average molecular weight is 547 g/mol. The van der Waals surface area contributed by atoms with E-state index in [1.165, 1.54) is 0 Å². The van der Waals surface area contributed by atoms with Gasteiger partial charge in [0, 0.05) is 11.0 Å². The molecule has 0 bridgehead atoms. The summed E-state index contributed by atoms with van der Waals surface area (Å²) in [5, 5.41) is 3.56. The van der Waals surface area contributed by atoms with Crippen LogP contribution in [0.1, 0.15) is 43.8 Å². The number of benzene rings is 3. The number of urea groups is 1. The van der Waals surface area contributed by atoms with Crippen LogP contribution in [0.2, 0.25) is 0 Å². The largest absolute Gasteiger partial charge is 0.322 e. The number of carbonyl (C=O) groups excluding carboxylic acids is 1. The number of hydrogen-bond donors (Lipinski definition) is 1. The number of aryl methyl sites for hydroxylation is 2. The number of para-hydroxylation sites is 2. The highest BCUT2D eigenvalue weighted by Crippen LogP contribution is 2.27. The average Bonchev–Trinajstić information content (AvgIpc) is 2.84. The Morgan fingerprint density at radius 3 is 2.42 bits per heavy atom. The molecule has 4 rings (SSSR count). The molecule has 0 aliphatic rings. The molecule has 3 aromatic carbocycles. The summed E-state index contributed by atoms with van der Waals surface area (Å²) in [4.78, 5) is 34.1. The summed E-state index contributed by atoms with van der Waals surface area (Å²) in [6.45, 7) is 10.6. The highest BCUT2D eigenvalue weighted by Gasteiger charge is 2.28. The number of anilines is 1. The summed E-state index contributed by atoms with van der Waals surface area (Å²) >= 11 is 3.51. The smallest absolute Gasteiger partial charge is 0.314 e. The van der Waals surface area contributed by atoms with E-state index in [1.807, 2.05) is 75.4 Å². The molecule has 2 amide bonds. The van der Waals surface area contributed by atoms with Gasteiger partial charge in [0.1, 0.15) is 5.82 Å². The van der Waals surface area contributed by atoms with Crippen LogP contribution in [0.25, 0.3) is 16.6 Å². The van der Waals surface area contributed by atoms with Crippen molar-refractivity contribution in [1.29, 1.82) is 0 Å². The van der Waals surface area contributed by atoms with E-state index in [0.29, 0.717) is 29.0 Å². The third-order valence-electron chi connectivity index (χ3n) is 6.17. The number of amides is 2. The van der Waals surface area contributed by atoms with Gasteiger partial charge in [-0.3, -0.25) is 9.36 Å². The number of halogens is 1. The third kappa shape index (κ3) is 5.21. The summed E-state index contributed by atoms with van der Waals surface area (Å²) in [6.07, 6.45) is 0. The molecule has 0 aliphatic heterocycles. The van der Waals surface area contributed by atoms with E-state index in [9.17, 15) is 9.59 Å². The Morgan fingerprint density at radius 2 is 1.72 bits per heavy atom. The van der Waals surface area contributed by atoms with Gasteiger partial charge in [0.15, 0.2) is 0 Å². The molecule has 1 N–H and O–H groups in total. The van der Waals surface area contributed by atoms with Crippen LogP contribution >= 0.6 is 15.9 Å². The highest BCUT2D eigenvalue weighted by atomic mass is 79.9. The SMILES string of the molecule is Cc1ccc(-n2c(C(C)N(CC(C)C)C(=O)Nc3ccccc3Br)nc3ccccc3c2=O)c(C)c1. The van der Waals surface area contributed by atoms with Crippen molar-refractivity contribution in [2.24, 2.45) is 5.92 Å². The predicted molar refractivity (Wildman–Crippen MR) is 150 cm³/mol. The van der Waals surface area contributed by atoms with E-state index in [0.717, 1.165) is 21.3 Å². The zero-order valence-electron chi connectivity index (χ0n) is 21.2. The van der Waals surface area contributed by atoms with Crippen LogP contribution in [-0.2, 0) is 0 Å². The van der Waals surface area contributed by atoms with Crippen molar-refractivity contribution in [3.63, 3.8) is 0 Å². The van der Waals surface area contributed by atoms with E-state index in [-0.39, 0.29) is 17.5 Å². The third-order valence-corrected chi connectivity index (χ3v) is 6.87. The first-order valence-corrected chi connectivity index (χ1v) is 12.9. The fraction of sp³-hybridized carbons (Fsp3) is 0.276. The van der Waals surface area contributed by atoms with E-state index < -0.39 is 6.04 Å². The molecule has 6 nitrogen and oxygen atoms in total. The molecule has 0 saturated carbocycles. The van der Waals surface area contributed by atoms with Crippen LogP contribution in [0, 0.1) is 19.8 Å². The molecule has 0 aliphatic carbocycles. The first-order valence-electron chi connectivity index (χ1n) is 12.1. The van der Waals surface area contributed by atoms with Crippen molar-refractivity contribution in [3.8, 4) is 5.69 Å². The van der Waals surface area contributed by atoms with Crippen molar-refractivity contribution in [3.05, 3.63) is 98.5 Å². The van der Waals surface area contributed by atoms with Crippen molar-refractivity contribution in [2.75, 3.05) is 11.9 Å². The summed E-state index contributed by atoms with van der Waals surface area (Å²) in [6, 6.07) is 20.1. The lowest BCUT2D eigenvalue weighted by Crippen LogP contribution is -2.42. The number of rotatable bonds is 6. The van der Waals surface area contributed by atoms with Gasteiger partial charge in [0.2, 0.25) is 0 Å². The number of hydrogen-bond acceptors (Lipinski definition) is 3. The zero-order chi connectivity index (χ0) is 26.0. The number of nitrogens with zero attached hydrogens (tertiary/aromatic N) is 3. The van der Waals surface area contributed by atoms with Gasteiger partial charge in [0.25, 0.3) is 5.56 Å². The number of aromatic nitrogens is 2. The first kappa shape index (κ1) is 25.6. The predicted octanol–water partition coefficient (Wildman–Crippen LogP) is 7.02. The molecule has 7 heteroatoms. The minimum atomic E-state index is -0.479. The Kier molecular flexibility index (Phi) is 7.59. The second kappa shape index (κ2) is 10.7. The quantitative estimate of drug-likeness (QED) is 0.282. The second-order valence-electron chi connectivity index (χ2n) is 9.55. The number of carbonyl (C=O) groups is 1. The van der Waals surface area contributed by atoms with Gasteiger partial charge >= 0.3 is 6.03 Å². The molecule has 1 atom stereocenters. The van der Waals surface area contributed by atoms with Gasteiger partial charge < -0.3 is 10.2 Å². The number of fused-ring (bicyclic) bond motifs is 1. The maximum atomic E-state index is 13.8. The molecule has 0 fully saturated rings. The van der Waals surface area contributed by atoms with Gasteiger partial charge in [-0.2, -0.15) is 0 Å². The standard InChI is InChI=1S/C29H31BrN4O2/c1-18(2)17-33(29(36)32-25-13-9-7-11-23(25)30)21(5)27-31-24-12-8-6-10-22(24)28(35)34(27)26-15-14-19(3)16-20(26)4/h6-16,18,21H,17H2,1-5H3,(H,32,36). The second-order valence-corrected chi connectivity index (χ2v) is 10.4. The molecule has 36 heavy (non-hydrogen) atoms. The minimum absolute atomic E-state index is 0.148. The summed E-state index contributed by atoms with van der Waals surface area (Å²) < 4.78 is 2.47. The van der Waals surface area contributed by atoms with Crippen LogP contribution in [0.3, 0.4) is 0 Å². The van der Waals surface area contributed by atoms with Crippen LogP contribution in [0.4, 0.5) is 10.5 Å². The van der Waals surface area contributed by atoms with Crippen molar-refractivity contribution < 1.29 is 4.79 Å². The fourth-order valence-electron chi connectivity index (χ4n) is 4.42. The number of nitrogens with one attached hydrogen (secondary N) is 1. The molecule has 1 aromatic heterocycles. The van der Waals surface area contributed by atoms with Gasteiger partial charge in [-0.15, -0.1) is 0 Å². The maximum Gasteiger partial charge on any atom is 0.322 e. The molecular formula is C29H31BrN4O2. The van der Waals surface area contributed by atoms with Gasteiger partial charge in [-0.25, -0.2) is 9.78 Å². The van der Waals surface area contributed by atoms with Crippen molar-refractivity contribution >= 4 is 38.6 Å². The molecule has 186 valence electrons. The summed E-state index contributed by atoms with van der Waals surface area (Å²) in [5.41, 5.74) is 3.99. The van der Waals surface area contributed by atoms with E-state index in [2.05, 4.69) is 41.2 Å². The van der Waals surface area contributed by atoms with E-state index in [1.54, 1.807) is 15.5 Å². The molecular weight excluding hydrogens is 516 g/mol. The molecule has 1 heterocycles. The van der Waals surface area contributed by atoms with E-state index in [4.69, 9.17) is 4.98 Å². The highest BCUT2D eigenvalue weighted by molar-refractivity contribution is 9.10. The first-order chi connectivity index (χ1) is 17.2. The molecule has 0 radical (unpaired) electrons. The lowest BCUT2D eigenvalue weighted by atomic mass is 10.1. The topological polar surface area (TPSA) is 67.2 Å². The van der Waals surface area contributed by atoms with Crippen molar-refractivity contribution in [2.45, 2.75) is 40.7 Å². The van der Waals surface area contributed by atoms with Gasteiger partial charge in [-0.1, -0.05) is 55.8 Å². The normalized spacial score (nSPS) is 12.1. The van der Waals surface area contributed by atoms with Crippen LogP contribution in [0.15, 0.2) is 76.0 Å². The molecule has 0 saturated heterocycles. The van der Waals surface area contributed by atoms with Crippen molar-refractivity contribution in [1.82, 2.24) is 14.5 Å². The van der Waals surface area contributed by atoms with Crippen LogP contribution in [0.5, 0.6) is 0 Å². The Hall–Kier alpha value is -3.45. The van der Waals surface area contributed by atoms with E-state index >= 15 is 0 Å². The fourth-order valence-corrected chi connectivity index (χ4v) is 4.80. The monoisotopic (exact) mass is 546 g/mol. The Balaban J connectivity index is 1.88. The zero-order valence-corrected chi connectivity index (χ0v) is 22.8. The summed E-state index contributed by atoms with van der Waals surface area (Å²) in [7, 11) is 0. The molecule has 1 unspecified atom stereocenters. The Bertz CT molecular complexity index is 1480. The Morgan fingerprint density at radius 1 is 1.03 bits per heavy atom.